The van der Waals surface area contributed by atoms with Crippen LogP contribution in [0.2, 0.25) is 0 Å². The van der Waals surface area contributed by atoms with E-state index in [1.165, 1.54) is 0 Å². The average Bonchev–Trinajstić information content (AvgIpc) is 2.87. The van der Waals surface area contributed by atoms with Crippen LogP contribution < -0.4 is 10.1 Å². The first-order chi connectivity index (χ1) is 9.54. The zero-order valence-corrected chi connectivity index (χ0v) is 12.0. The summed E-state index contributed by atoms with van der Waals surface area (Å²) in [6.07, 6.45) is 3.45. The van der Waals surface area contributed by atoms with Gasteiger partial charge in [-0.1, -0.05) is 17.7 Å². The second-order valence-electron chi connectivity index (χ2n) is 5.51. The minimum atomic E-state index is -0.678. The number of ether oxygens (including phenoxy) is 1. The molecule has 1 amide bonds. The van der Waals surface area contributed by atoms with Gasteiger partial charge in [-0.15, -0.1) is 0 Å². The van der Waals surface area contributed by atoms with Crippen molar-refractivity contribution in [3.63, 3.8) is 0 Å². The zero-order chi connectivity index (χ0) is 14.6. The van der Waals surface area contributed by atoms with Crippen LogP contribution >= 0.6 is 0 Å². The Morgan fingerprint density at radius 2 is 2.10 bits per heavy atom. The van der Waals surface area contributed by atoms with E-state index in [0.29, 0.717) is 5.75 Å². The third kappa shape index (κ3) is 3.30. The molecule has 0 spiro atoms. The number of nitrogens with one attached hydrogen (secondary N) is 1. The number of hydrogen-bond acceptors (Lipinski definition) is 3. The van der Waals surface area contributed by atoms with Gasteiger partial charge in [0.15, 0.2) is 6.61 Å². The number of rotatable bonds is 4. The molecule has 106 valence electrons. The summed E-state index contributed by atoms with van der Waals surface area (Å²) < 4.78 is 5.53. The lowest BCUT2D eigenvalue weighted by atomic mass is 10.00. The van der Waals surface area contributed by atoms with Crippen LogP contribution in [0.3, 0.4) is 0 Å². The summed E-state index contributed by atoms with van der Waals surface area (Å²) in [7, 11) is 0. The van der Waals surface area contributed by atoms with Crippen molar-refractivity contribution in [2.45, 2.75) is 45.1 Å². The van der Waals surface area contributed by atoms with Gasteiger partial charge < -0.3 is 10.1 Å². The van der Waals surface area contributed by atoms with Crippen molar-refractivity contribution in [1.82, 2.24) is 5.32 Å². The van der Waals surface area contributed by atoms with Crippen LogP contribution in [-0.4, -0.2) is 18.1 Å². The Morgan fingerprint density at radius 3 is 2.70 bits per heavy atom. The Labute approximate surface area is 119 Å². The quantitative estimate of drug-likeness (QED) is 0.916. The lowest BCUT2D eigenvalue weighted by Crippen LogP contribution is -2.47. The van der Waals surface area contributed by atoms with Crippen molar-refractivity contribution in [3.05, 3.63) is 29.3 Å². The first kappa shape index (κ1) is 14.4. The first-order valence-corrected chi connectivity index (χ1v) is 6.97. The van der Waals surface area contributed by atoms with Crippen molar-refractivity contribution in [3.8, 4) is 11.8 Å². The highest BCUT2D eigenvalue weighted by Crippen LogP contribution is 2.28. The Kier molecular flexibility index (Phi) is 4.29. The fourth-order valence-electron chi connectivity index (χ4n) is 2.65. The lowest BCUT2D eigenvalue weighted by Gasteiger charge is -2.22. The van der Waals surface area contributed by atoms with Crippen LogP contribution in [0.1, 0.15) is 36.8 Å². The molecule has 0 aromatic heterocycles. The third-order valence-corrected chi connectivity index (χ3v) is 3.74. The van der Waals surface area contributed by atoms with E-state index in [-0.39, 0.29) is 12.5 Å². The first-order valence-electron chi connectivity index (χ1n) is 6.97. The molecule has 1 aliphatic carbocycles. The molecule has 0 atom stereocenters. The van der Waals surface area contributed by atoms with Crippen LogP contribution in [0.4, 0.5) is 0 Å². The molecule has 1 aromatic carbocycles. The molecule has 1 aliphatic rings. The van der Waals surface area contributed by atoms with Crippen molar-refractivity contribution < 1.29 is 9.53 Å². The van der Waals surface area contributed by atoms with Crippen molar-refractivity contribution in [2.75, 3.05) is 6.61 Å². The second-order valence-corrected chi connectivity index (χ2v) is 5.51. The Balaban J connectivity index is 1.91. The van der Waals surface area contributed by atoms with E-state index in [0.717, 1.165) is 36.8 Å². The van der Waals surface area contributed by atoms with Crippen LogP contribution in [0.15, 0.2) is 18.2 Å². The van der Waals surface area contributed by atoms with E-state index >= 15 is 0 Å². The highest BCUT2D eigenvalue weighted by atomic mass is 16.5. The van der Waals surface area contributed by atoms with Gasteiger partial charge in [-0.05, 0) is 51.2 Å². The summed E-state index contributed by atoms with van der Waals surface area (Å²) in [5.41, 5.74) is 1.49. The number of benzene rings is 1. The maximum absolute atomic E-state index is 11.9. The molecular formula is C16H20N2O2. The van der Waals surface area contributed by atoms with Gasteiger partial charge in [0.1, 0.15) is 11.3 Å². The number of nitriles is 1. The highest BCUT2D eigenvalue weighted by molar-refractivity contribution is 5.79. The van der Waals surface area contributed by atoms with Crippen molar-refractivity contribution in [2.24, 2.45) is 0 Å². The predicted molar refractivity (Wildman–Crippen MR) is 76.4 cm³/mol. The summed E-state index contributed by atoms with van der Waals surface area (Å²) in [6, 6.07) is 8.07. The summed E-state index contributed by atoms with van der Waals surface area (Å²) in [6.45, 7) is 3.92. The average molecular weight is 272 g/mol. The maximum atomic E-state index is 11.9. The monoisotopic (exact) mass is 272 g/mol. The molecule has 0 heterocycles. The summed E-state index contributed by atoms with van der Waals surface area (Å²) in [5.74, 6) is 0.483. The maximum Gasteiger partial charge on any atom is 0.259 e. The largest absolute Gasteiger partial charge is 0.484 e. The molecule has 1 saturated carbocycles. The van der Waals surface area contributed by atoms with Crippen molar-refractivity contribution >= 4 is 5.91 Å². The van der Waals surface area contributed by atoms with Crippen LogP contribution in [0, 0.1) is 25.2 Å². The molecule has 1 fully saturated rings. The van der Waals surface area contributed by atoms with Crippen LogP contribution in [0.25, 0.3) is 0 Å². The molecule has 0 unspecified atom stereocenters. The smallest absolute Gasteiger partial charge is 0.259 e. The number of carbonyl (C=O) groups excluding carboxylic acids is 1. The van der Waals surface area contributed by atoms with Crippen molar-refractivity contribution in [1.29, 1.82) is 5.26 Å². The highest BCUT2D eigenvalue weighted by Gasteiger charge is 2.35. The van der Waals surface area contributed by atoms with Gasteiger partial charge in [0.25, 0.3) is 5.91 Å². The zero-order valence-electron chi connectivity index (χ0n) is 12.0. The standard InChI is InChI=1S/C16H20N2O2/c1-12-5-6-14(13(2)9-12)20-10-15(19)18-16(11-17)7-3-4-8-16/h5-6,9H,3-4,7-8,10H2,1-2H3,(H,18,19). The van der Waals surface area contributed by atoms with Gasteiger partial charge in [0.05, 0.1) is 6.07 Å². The predicted octanol–water partition coefficient (Wildman–Crippen LogP) is 2.63. The molecule has 20 heavy (non-hydrogen) atoms. The van der Waals surface area contributed by atoms with Gasteiger partial charge in [0.2, 0.25) is 0 Å². The fraction of sp³-hybridized carbons (Fsp3) is 0.500. The Hall–Kier alpha value is -2.02. The van der Waals surface area contributed by atoms with E-state index in [9.17, 15) is 10.1 Å². The number of hydrogen-bond donors (Lipinski definition) is 1. The molecular weight excluding hydrogens is 252 g/mol. The lowest BCUT2D eigenvalue weighted by molar-refractivity contribution is -0.124. The van der Waals surface area contributed by atoms with E-state index in [4.69, 9.17) is 4.74 Å². The Bertz CT molecular complexity index is 540. The van der Waals surface area contributed by atoms with Gasteiger partial charge in [-0.25, -0.2) is 0 Å². The molecule has 4 nitrogen and oxygen atoms in total. The SMILES string of the molecule is Cc1ccc(OCC(=O)NC2(C#N)CCCC2)c(C)c1. The molecule has 0 radical (unpaired) electrons. The van der Waals surface area contributed by atoms with Crippen LogP contribution in [-0.2, 0) is 4.79 Å². The van der Waals surface area contributed by atoms with Gasteiger partial charge in [-0.3, -0.25) is 4.79 Å². The van der Waals surface area contributed by atoms with E-state index < -0.39 is 5.54 Å². The van der Waals surface area contributed by atoms with E-state index in [1.54, 1.807) is 0 Å². The number of amides is 1. The normalized spacial score (nSPS) is 16.4. The molecule has 0 aliphatic heterocycles. The minimum absolute atomic E-state index is 0.0483. The number of aryl methyl sites for hydroxylation is 2. The molecule has 4 heteroatoms. The van der Waals surface area contributed by atoms with E-state index in [1.807, 2.05) is 32.0 Å². The summed E-state index contributed by atoms with van der Waals surface area (Å²) in [4.78, 5) is 11.9. The van der Waals surface area contributed by atoms with E-state index in [2.05, 4.69) is 11.4 Å². The minimum Gasteiger partial charge on any atom is -0.484 e. The van der Waals surface area contributed by atoms with Gasteiger partial charge in [0, 0.05) is 0 Å². The van der Waals surface area contributed by atoms with Crippen LogP contribution in [0.5, 0.6) is 5.75 Å². The summed E-state index contributed by atoms with van der Waals surface area (Å²) in [5, 5.41) is 12.0. The molecule has 0 bridgehead atoms. The molecule has 1 N–H and O–H groups in total. The second kappa shape index (κ2) is 5.96. The Morgan fingerprint density at radius 1 is 1.40 bits per heavy atom. The molecule has 0 saturated heterocycles. The number of nitrogens with zero attached hydrogens (tertiary/aromatic N) is 1. The fourth-order valence-corrected chi connectivity index (χ4v) is 2.65. The molecule has 2 rings (SSSR count). The number of carbonyl (C=O) groups is 1. The summed E-state index contributed by atoms with van der Waals surface area (Å²) >= 11 is 0. The van der Waals surface area contributed by atoms with Gasteiger partial charge >= 0.3 is 0 Å². The topological polar surface area (TPSA) is 62.1 Å². The third-order valence-electron chi connectivity index (χ3n) is 3.74. The van der Waals surface area contributed by atoms with Gasteiger partial charge in [-0.2, -0.15) is 5.26 Å². The molecule has 1 aromatic rings.